The number of amides is 1. The van der Waals surface area contributed by atoms with Crippen LogP contribution in [0.25, 0.3) is 0 Å². The summed E-state index contributed by atoms with van der Waals surface area (Å²) >= 11 is 3.38. The van der Waals surface area contributed by atoms with E-state index in [1.54, 1.807) is 0 Å². The molecule has 2 unspecified atom stereocenters. The van der Waals surface area contributed by atoms with E-state index in [1.165, 1.54) is 4.90 Å². The molecule has 1 aromatic rings. The SMILES string of the molecule is CC(C)(C)OC(=O)N1CCC(c2ccc(Br)cc2)C(F)C1. The molecule has 0 aromatic heterocycles. The first kappa shape index (κ1) is 16.3. The van der Waals surface area contributed by atoms with Gasteiger partial charge in [-0.2, -0.15) is 0 Å². The van der Waals surface area contributed by atoms with Crippen molar-refractivity contribution in [3.63, 3.8) is 0 Å². The molecule has 3 nitrogen and oxygen atoms in total. The minimum atomic E-state index is -1.06. The number of likely N-dealkylation sites (tertiary alicyclic amines) is 1. The summed E-state index contributed by atoms with van der Waals surface area (Å²) < 4.78 is 20.7. The van der Waals surface area contributed by atoms with Gasteiger partial charge in [-0.1, -0.05) is 28.1 Å². The molecule has 5 heteroatoms. The van der Waals surface area contributed by atoms with Crippen molar-refractivity contribution in [2.24, 2.45) is 0 Å². The Bertz CT molecular complexity index is 498. The molecule has 1 aromatic carbocycles. The fourth-order valence-electron chi connectivity index (χ4n) is 2.48. The molecule has 116 valence electrons. The Morgan fingerprint density at radius 3 is 2.48 bits per heavy atom. The largest absolute Gasteiger partial charge is 0.444 e. The lowest BCUT2D eigenvalue weighted by Crippen LogP contribution is -2.46. The van der Waals surface area contributed by atoms with E-state index in [9.17, 15) is 9.18 Å². The van der Waals surface area contributed by atoms with Crippen molar-refractivity contribution < 1.29 is 13.9 Å². The van der Waals surface area contributed by atoms with Gasteiger partial charge in [-0.25, -0.2) is 9.18 Å². The number of carbonyl (C=O) groups excluding carboxylic acids is 1. The van der Waals surface area contributed by atoms with Crippen LogP contribution in [0, 0.1) is 0 Å². The van der Waals surface area contributed by atoms with Crippen LogP contribution in [0.5, 0.6) is 0 Å². The molecule has 0 aliphatic carbocycles. The maximum Gasteiger partial charge on any atom is 0.410 e. The molecule has 2 rings (SSSR count). The molecule has 1 fully saturated rings. The Morgan fingerprint density at radius 1 is 1.33 bits per heavy atom. The standard InChI is InChI=1S/C16H21BrFNO2/c1-16(2,3)21-15(20)19-9-8-13(14(18)10-19)11-4-6-12(17)7-5-11/h4-7,13-14H,8-10H2,1-3H3. The number of ether oxygens (including phenoxy) is 1. The number of piperidine rings is 1. The summed E-state index contributed by atoms with van der Waals surface area (Å²) in [5.74, 6) is -0.156. The van der Waals surface area contributed by atoms with E-state index >= 15 is 0 Å². The van der Waals surface area contributed by atoms with Crippen molar-refractivity contribution >= 4 is 22.0 Å². The fourth-order valence-corrected chi connectivity index (χ4v) is 2.75. The van der Waals surface area contributed by atoms with E-state index in [1.807, 2.05) is 45.0 Å². The molecule has 21 heavy (non-hydrogen) atoms. The van der Waals surface area contributed by atoms with Gasteiger partial charge in [0.05, 0.1) is 6.54 Å². The van der Waals surface area contributed by atoms with E-state index < -0.39 is 17.9 Å². The number of carbonyl (C=O) groups is 1. The van der Waals surface area contributed by atoms with Crippen molar-refractivity contribution in [1.82, 2.24) is 4.90 Å². The first-order valence-corrected chi connectivity index (χ1v) is 7.93. The number of rotatable bonds is 1. The summed E-state index contributed by atoms with van der Waals surface area (Å²) in [5, 5.41) is 0. The predicted molar refractivity (Wildman–Crippen MR) is 84.2 cm³/mol. The minimum Gasteiger partial charge on any atom is -0.444 e. The fraction of sp³-hybridized carbons (Fsp3) is 0.562. The zero-order chi connectivity index (χ0) is 15.6. The van der Waals surface area contributed by atoms with Crippen LogP contribution in [0.2, 0.25) is 0 Å². The van der Waals surface area contributed by atoms with Gasteiger partial charge in [0.15, 0.2) is 0 Å². The summed E-state index contributed by atoms with van der Waals surface area (Å²) in [5.41, 5.74) is 0.431. The maximum absolute atomic E-state index is 14.4. The van der Waals surface area contributed by atoms with Gasteiger partial charge in [0, 0.05) is 16.9 Å². The molecule has 0 saturated carbocycles. The average molecular weight is 358 g/mol. The molecule has 1 saturated heterocycles. The third-order valence-corrected chi connectivity index (χ3v) is 4.02. The van der Waals surface area contributed by atoms with Crippen LogP contribution in [0.15, 0.2) is 28.7 Å². The third kappa shape index (κ3) is 4.43. The lowest BCUT2D eigenvalue weighted by molar-refractivity contribution is 0.0111. The van der Waals surface area contributed by atoms with Crippen molar-refractivity contribution in [1.29, 1.82) is 0 Å². The van der Waals surface area contributed by atoms with Gasteiger partial charge in [0.2, 0.25) is 0 Å². The Labute approximate surface area is 133 Å². The van der Waals surface area contributed by atoms with Gasteiger partial charge in [0.25, 0.3) is 0 Å². The van der Waals surface area contributed by atoms with E-state index in [-0.39, 0.29) is 12.5 Å². The van der Waals surface area contributed by atoms with E-state index in [0.717, 1.165) is 10.0 Å². The smallest absolute Gasteiger partial charge is 0.410 e. The van der Waals surface area contributed by atoms with Gasteiger partial charge in [0.1, 0.15) is 11.8 Å². The molecule has 0 spiro atoms. The molecule has 1 amide bonds. The molecule has 0 radical (unpaired) electrons. The lowest BCUT2D eigenvalue weighted by Gasteiger charge is -2.35. The first-order valence-electron chi connectivity index (χ1n) is 7.14. The van der Waals surface area contributed by atoms with E-state index in [4.69, 9.17) is 4.74 Å². The third-order valence-electron chi connectivity index (χ3n) is 3.49. The summed E-state index contributed by atoms with van der Waals surface area (Å²) in [7, 11) is 0. The molecular formula is C16H21BrFNO2. The van der Waals surface area contributed by atoms with Crippen molar-refractivity contribution in [2.75, 3.05) is 13.1 Å². The predicted octanol–water partition coefficient (Wildman–Crippen LogP) is 4.51. The molecule has 1 heterocycles. The summed E-state index contributed by atoms with van der Waals surface area (Å²) in [6.45, 7) is 6.05. The van der Waals surface area contributed by atoms with Crippen LogP contribution in [-0.2, 0) is 4.74 Å². The Hall–Kier alpha value is -1.10. The average Bonchev–Trinajstić information content (AvgIpc) is 2.38. The van der Waals surface area contributed by atoms with Crippen molar-refractivity contribution in [3.05, 3.63) is 34.3 Å². The molecular weight excluding hydrogens is 337 g/mol. The van der Waals surface area contributed by atoms with Crippen LogP contribution in [0.4, 0.5) is 9.18 Å². The van der Waals surface area contributed by atoms with Crippen LogP contribution < -0.4 is 0 Å². The number of halogens is 2. The van der Waals surface area contributed by atoms with Crippen LogP contribution in [-0.4, -0.2) is 35.9 Å². The maximum atomic E-state index is 14.4. The molecule has 1 aliphatic rings. The summed E-state index contributed by atoms with van der Waals surface area (Å²) in [4.78, 5) is 13.4. The molecule has 0 bridgehead atoms. The quantitative estimate of drug-likeness (QED) is 0.739. The number of hydrogen-bond donors (Lipinski definition) is 0. The van der Waals surface area contributed by atoms with Gasteiger partial charge in [-0.3, -0.25) is 0 Å². The number of alkyl halides is 1. The zero-order valence-electron chi connectivity index (χ0n) is 12.6. The topological polar surface area (TPSA) is 29.5 Å². The van der Waals surface area contributed by atoms with Gasteiger partial charge in [-0.15, -0.1) is 0 Å². The van der Waals surface area contributed by atoms with Crippen molar-refractivity contribution in [3.8, 4) is 0 Å². The van der Waals surface area contributed by atoms with Gasteiger partial charge >= 0.3 is 6.09 Å². The Balaban J connectivity index is 1.99. The minimum absolute atomic E-state index is 0.0929. The van der Waals surface area contributed by atoms with Crippen LogP contribution >= 0.6 is 15.9 Å². The monoisotopic (exact) mass is 357 g/mol. The highest BCUT2D eigenvalue weighted by atomic mass is 79.9. The molecule has 2 atom stereocenters. The second-order valence-electron chi connectivity index (χ2n) is 6.39. The van der Waals surface area contributed by atoms with Gasteiger partial charge in [-0.05, 0) is 44.9 Å². The van der Waals surface area contributed by atoms with Crippen LogP contribution in [0.1, 0.15) is 38.7 Å². The zero-order valence-corrected chi connectivity index (χ0v) is 14.2. The molecule has 0 N–H and O–H groups in total. The number of hydrogen-bond acceptors (Lipinski definition) is 2. The first-order chi connectivity index (χ1) is 9.76. The Morgan fingerprint density at radius 2 is 1.95 bits per heavy atom. The van der Waals surface area contributed by atoms with Crippen LogP contribution in [0.3, 0.4) is 0 Å². The normalized spacial score (nSPS) is 23.0. The highest BCUT2D eigenvalue weighted by molar-refractivity contribution is 9.10. The molecule has 1 aliphatic heterocycles. The summed E-state index contributed by atoms with van der Waals surface area (Å²) in [6, 6.07) is 7.71. The Kier molecular flexibility index (Phi) is 4.91. The van der Waals surface area contributed by atoms with Gasteiger partial charge < -0.3 is 9.64 Å². The number of nitrogens with zero attached hydrogens (tertiary/aromatic N) is 1. The second-order valence-corrected chi connectivity index (χ2v) is 7.30. The second kappa shape index (κ2) is 6.34. The highest BCUT2D eigenvalue weighted by Crippen LogP contribution is 2.31. The highest BCUT2D eigenvalue weighted by Gasteiger charge is 2.34. The lowest BCUT2D eigenvalue weighted by atomic mass is 9.88. The van der Waals surface area contributed by atoms with E-state index in [2.05, 4.69) is 15.9 Å². The van der Waals surface area contributed by atoms with E-state index in [0.29, 0.717) is 13.0 Å². The van der Waals surface area contributed by atoms with Crippen molar-refractivity contribution in [2.45, 2.75) is 44.9 Å². The summed E-state index contributed by atoms with van der Waals surface area (Å²) in [6.07, 6.45) is -0.881. The number of benzene rings is 1.